The molecule has 6 nitrogen and oxygen atoms in total. The van der Waals surface area contributed by atoms with Gasteiger partial charge in [-0.15, -0.1) is 0 Å². The summed E-state index contributed by atoms with van der Waals surface area (Å²) in [5.41, 5.74) is 0. The first-order valence-electron chi connectivity index (χ1n) is 6.91. The van der Waals surface area contributed by atoms with Gasteiger partial charge in [-0.05, 0) is 18.6 Å². The van der Waals surface area contributed by atoms with Crippen LogP contribution in [0.25, 0.3) is 0 Å². The van der Waals surface area contributed by atoms with Crippen molar-refractivity contribution >= 4 is 11.9 Å². The predicted octanol–water partition coefficient (Wildman–Crippen LogP) is 1.49. The summed E-state index contributed by atoms with van der Waals surface area (Å²) in [6, 6.07) is 7.72. The molecule has 1 atom stereocenters. The number of aliphatic hydroxyl groups is 1. The third-order valence-electron chi connectivity index (χ3n) is 3.07. The minimum absolute atomic E-state index is 0.305. The number of unbranched alkanes of at least 4 members (excludes halogenated alkanes) is 1. The quantitative estimate of drug-likeness (QED) is 0.674. The van der Waals surface area contributed by atoms with E-state index in [9.17, 15) is 19.8 Å². The number of aliphatic hydroxyl groups excluding tert-OH is 1. The normalized spacial score (nSPS) is 11.7. The number of para-hydroxylation sites is 1. The van der Waals surface area contributed by atoms with E-state index >= 15 is 0 Å². The molecule has 0 saturated carbocycles. The van der Waals surface area contributed by atoms with Crippen molar-refractivity contribution in [3.63, 3.8) is 0 Å². The van der Waals surface area contributed by atoms with Crippen molar-refractivity contribution in [2.45, 2.75) is 32.2 Å². The van der Waals surface area contributed by atoms with Crippen LogP contribution in [0, 0.1) is 0 Å². The molecular weight excluding hydrogens is 274 g/mol. The van der Waals surface area contributed by atoms with Crippen molar-refractivity contribution in [1.82, 2.24) is 4.90 Å². The summed E-state index contributed by atoms with van der Waals surface area (Å²) >= 11 is 0. The number of carboxylic acids is 1. The van der Waals surface area contributed by atoms with Crippen molar-refractivity contribution < 1.29 is 24.5 Å². The Morgan fingerprint density at radius 1 is 1.29 bits per heavy atom. The molecule has 0 heterocycles. The third-order valence-corrected chi connectivity index (χ3v) is 3.07. The summed E-state index contributed by atoms with van der Waals surface area (Å²) in [7, 11) is 0. The minimum Gasteiger partial charge on any atom is -0.484 e. The van der Waals surface area contributed by atoms with Gasteiger partial charge in [0.2, 0.25) is 0 Å². The number of hydrogen-bond donors (Lipinski definition) is 2. The van der Waals surface area contributed by atoms with Crippen molar-refractivity contribution in [3.8, 4) is 5.75 Å². The molecule has 0 unspecified atom stereocenters. The number of rotatable bonds is 9. The summed E-state index contributed by atoms with van der Waals surface area (Å²) in [5, 5.41) is 18.5. The predicted molar refractivity (Wildman–Crippen MR) is 76.8 cm³/mol. The SMILES string of the molecule is CCCC[C@@H](C(=O)O)N(CO)C(=O)COc1ccccc1. The van der Waals surface area contributed by atoms with Crippen LogP contribution in [-0.2, 0) is 9.59 Å². The Kier molecular flexibility index (Phi) is 7.25. The van der Waals surface area contributed by atoms with Crippen molar-refractivity contribution in [3.05, 3.63) is 30.3 Å². The molecule has 6 heteroatoms. The Labute approximate surface area is 124 Å². The van der Waals surface area contributed by atoms with Gasteiger partial charge in [0.05, 0.1) is 0 Å². The molecule has 0 radical (unpaired) electrons. The van der Waals surface area contributed by atoms with E-state index in [1.807, 2.05) is 13.0 Å². The number of carbonyl (C=O) groups excluding carboxylic acids is 1. The van der Waals surface area contributed by atoms with Crippen molar-refractivity contribution in [2.75, 3.05) is 13.3 Å². The molecule has 2 N–H and O–H groups in total. The molecule has 1 aromatic carbocycles. The standard InChI is InChI=1S/C15H21NO5/c1-2-3-9-13(15(19)20)16(11-17)14(18)10-21-12-7-5-4-6-8-12/h4-8,13,17H,2-3,9-11H2,1H3,(H,19,20)/t13-/m0/s1. The van der Waals surface area contributed by atoms with E-state index in [4.69, 9.17) is 4.74 Å². The van der Waals surface area contributed by atoms with E-state index in [-0.39, 0.29) is 6.61 Å². The molecule has 0 spiro atoms. The topological polar surface area (TPSA) is 87.1 Å². The average Bonchev–Trinajstić information content (AvgIpc) is 2.49. The van der Waals surface area contributed by atoms with Gasteiger partial charge in [-0.1, -0.05) is 38.0 Å². The minimum atomic E-state index is -1.12. The van der Waals surface area contributed by atoms with Gasteiger partial charge in [0.25, 0.3) is 5.91 Å². The summed E-state index contributed by atoms with van der Waals surface area (Å²) in [6.07, 6.45) is 1.79. The highest BCUT2D eigenvalue weighted by molar-refractivity contribution is 5.84. The third kappa shape index (κ3) is 5.43. The fraction of sp³-hybridized carbons (Fsp3) is 0.467. The van der Waals surface area contributed by atoms with Crippen molar-refractivity contribution in [2.24, 2.45) is 0 Å². The molecule has 1 aromatic rings. The Hall–Kier alpha value is -2.08. The summed E-state index contributed by atoms with van der Waals surface area (Å²) < 4.78 is 5.29. The molecule has 0 aromatic heterocycles. The van der Waals surface area contributed by atoms with E-state index in [2.05, 4.69) is 0 Å². The van der Waals surface area contributed by atoms with Crippen LogP contribution in [0.3, 0.4) is 0 Å². The molecule has 1 rings (SSSR count). The second kappa shape index (κ2) is 8.97. The molecule has 0 fully saturated rings. The number of aliphatic carboxylic acids is 1. The molecule has 0 aliphatic carbocycles. The zero-order chi connectivity index (χ0) is 15.7. The molecule has 1 amide bonds. The highest BCUT2D eigenvalue weighted by Crippen LogP contribution is 2.12. The van der Waals surface area contributed by atoms with Crippen LogP contribution in [0.4, 0.5) is 0 Å². The van der Waals surface area contributed by atoms with Crippen LogP contribution >= 0.6 is 0 Å². The summed E-state index contributed by atoms with van der Waals surface area (Å²) in [5.74, 6) is -1.15. The van der Waals surface area contributed by atoms with Gasteiger partial charge in [0, 0.05) is 0 Å². The summed E-state index contributed by atoms with van der Waals surface area (Å²) in [6.45, 7) is 0.987. The van der Waals surface area contributed by atoms with Gasteiger partial charge >= 0.3 is 5.97 Å². The molecule has 0 bridgehead atoms. The first kappa shape index (κ1) is 17.0. The van der Waals surface area contributed by atoms with E-state index in [0.717, 1.165) is 11.3 Å². The fourth-order valence-electron chi connectivity index (χ4n) is 1.91. The van der Waals surface area contributed by atoms with E-state index in [1.165, 1.54) is 0 Å². The van der Waals surface area contributed by atoms with Crippen LogP contribution < -0.4 is 4.74 Å². The van der Waals surface area contributed by atoms with Gasteiger partial charge in [0.15, 0.2) is 6.61 Å². The number of ether oxygens (including phenoxy) is 1. The smallest absolute Gasteiger partial charge is 0.326 e. The van der Waals surface area contributed by atoms with E-state index in [1.54, 1.807) is 24.3 Å². The average molecular weight is 295 g/mol. The van der Waals surface area contributed by atoms with Gasteiger partial charge in [-0.25, -0.2) is 4.79 Å². The summed E-state index contributed by atoms with van der Waals surface area (Å²) in [4.78, 5) is 24.2. The molecule has 0 aliphatic rings. The number of amides is 1. The molecule has 0 saturated heterocycles. The monoisotopic (exact) mass is 295 g/mol. The van der Waals surface area contributed by atoms with Gasteiger partial charge in [-0.3, -0.25) is 4.79 Å². The van der Waals surface area contributed by atoms with Crippen molar-refractivity contribution in [1.29, 1.82) is 0 Å². The Morgan fingerprint density at radius 2 is 1.95 bits per heavy atom. The lowest BCUT2D eigenvalue weighted by Crippen LogP contribution is -2.47. The highest BCUT2D eigenvalue weighted by atomic mass is 16.5. The van der Waals surface area contributed by atoms with Crippen LogP contribution in [0.15, 0.2) is 30.3 Å². The second-order valence-corrected chi connectivity index (χ2v) is 4.60. The second-order valence-electron chi connectivity index (χ2n) is 4.60. The maximum Gasteiger partial charge on any atom is 0.326 e. The van der Waals surface area contributed by atoms with Crippen LogP contribution in [0.2, 0.25) is 0 Å². The number of benzene rings is 1. The molecular formula is C15H21NO5. The van der Waals surface area contributed by atoms with Gasteiger partial charge in [0.1, 0.15) is 18.5 Å². The zero-order valence-electron chi connectivity index (χ0n) is 12.1. The van der Waals surface area contributed by atoms with Gasteiger partial charge in [-0.2, -0.15) is 0 Å². The lowest BCUT2D eigenvalue weighted by atomic mass is 10.1. The number of nitrogens with zero attached hydrogens (tertiary/aromatic N) is 1. The zero-order valence-corrected chi connectivity index (χ0v) is 12.1. The maximum atomic E-state index is 12.0. The Morgan fingerprint density at radius 3 is 2.48 bits per heavy atom. The number of carboxylic acid groups (broad SMARTS) is 1. The molecule has 0 aliphatic heterocycles. The number of carbonyl (C=O) groups is 2. The number of hydrogen-bond acceptors (Lipinski definition) is 4. The highest BCUT2D eigenvalue weighted by Gasteiger charge is 2.28. The van der Waals surface area contributed by atoms with Gasteiger partial charge < -0.3 is 19.8 Å². The van der Waals surface area contributed by atoms with E-state index < -0.39 is 24.6 Å². The fourth-order valence-corrected chi connectivity index (χ4v) is 1.91. The molecule has 116 valence electrons. The van der Waals surface area contributed by atoms with Crippen LogP contribution in [0.5, 0.6) is 5.75 Å². The Bertz CT molecular complexity index is 449. The van der Waals surface area contributed by atoms with E-state index in [0.29, 0.717) is 18.6 Å². The first-order valence-corrected chi connectivity index (χ1v) is 6.91. The van der Waals surface area contributed by atoms with Crippen LogP contribution in [0.1, 0.15) is 26.2 Å². The molecule has 21 heavy (non-hydrogen) atoms. The lowest BCUT2D eigenvalue weighted by Gasteiger charge is -2.26. The lowest BCUT2D eigenvalue weighted by molar-refractivity contribution is -0.155. The Balaban J connectivity index is 2.63. The largest absolute Gasteiger partial charge is 0.484 e. The van der Waals surface area contributed by atoms with Crippen LogP contribution in [-0.4, -0.2) is 46.4 Å². The maximum absolute atomic E-state index is 12.0. The first-order chi connectivity index (χ1) is 10.1.